The van der Waals surface area contributed by atoms with Crippen LogP contribution in [0.15, 0.2) is 4.99 Å². The number of aliphatic imine (C=N–C) groups is 1. The molecular formula is C17H33N7OS. The third-order valence-corrected chi connectivity index (χ3v) is 5.54. The predicted octanol–water partition coefficient (Wildman–Crippen LogP) is 0.633. The molecule has 1 fully saturated rings. The van der Waals surface area contributed by atoms with Crippen LogP contribution in [-0.2, 0) is 18.3 Å². The van der Waals surface area contributed by atoms with Crippen LogP contribution >= 0.6 is 11.8 Å². The topological polar surface area (TPSA) is 79.6 Å². The van der Waals surface area contributed by atoms with E-state index in [4.69, 9.17) is 4.74 Å². The van der Waals surface area contributed by atoms with E-state index in [1.165, 1.54) is 0 Å². The molecule has 9 heteroatoms. The lowest BCUT2D eigenvalue weighted by atomic mass is 10.3. The van der Waals surface area contributed by atoms with Crippen LogP contribution < -0.4 is 10.6 Å². The fourth-order valence-corrected chi connectivity index (χ4v) is 2.82. The fourth-order valence-electron chi connectivity index (χ4n) is 2.57. The van der Waals surface area contributed by atoms with Crippen molar-refractivity contribution in [2.24, 2.45) is 12.0 Å². The monoisotopic (exact) mass is 383 g/mol. The second-order valence-electron chi connectivity index (χ2n) is 6.55. The lowest BCUT2D eigenvalue weighted by molar-refractivity contribution is 0.0376. The quantitative estimate of drug-likeness (QED) is 0.368. The number of guanidine groups is 1. The summed E-state index contributed by atoms with van der Waals surface area (Å²) in [6.45, 7) is 11.3. The third-order valence-electron chi connectivity index (χ3n) is 4.57. The SMILES string of the molecule is CSC(C)CNC(=NCc1nnc(C)n1C)NCCCN1CCOCC1. The third kappa shape index (κ3) is 7.13. The maximum absolute atomic E-state index is 5.39. The van der Waals surface area contributed by atoms with E-state index in [1.54, 1.807) is 0 Å². The van der Waals surface area contributed by atoms with Gasteiger partial charge in [-0.25, -0.2) is 4.99 Å². The van der Waals surface area contributed by atoms with Crippen molar-refractivity contribution in [1.82, 2.24) is 30.3 Å². The van der Waals surface area contributed by atoms with E-state index >= 15 is 0 Å². The maximum Gasteiger partial charge on any atom is 0.191 e. The molecule has 0 aromatic carbocycles. The Balaban J connectivity index is 1.81. The first-order valence-corrected chi connectivity index (χ1v) is 10.6. The highest BCUT2D eigenvalue weighted by Gasteiger charge is 2.10. The second-order valence-corrected chi connectivity index (χ2v) is 7.82. The first-order valence-electron chi connectivity index (χ1n) is 9.30. The van der Waals surface area contributed by atoms with Gasteiger partial charge >= 0.3 is 0 Å². The van der Waals surface area contributed by atoms with Crippen molar-refractivity contribution in [2.45, 2.75) is 32.1 Å². The minimum atomic E-state index is 0.518. The molecule has 1 aliphatic heterocycles. The second kappa shape index (κ2) is 11.4. The van der Waals surface area contributed by atoms with Gasteiger partial charge in [0.15, 0.2) is 11.8 Å². The molecule has 2 N–H and O–H groups in total. The number of ether oxygens (including phenoxy) is 1. The van der Waals surface area contributed by atoms with Crippen molar-refractivity contribution >= 4 is 17.7 Å². The molecule has 1 aliphatic rings. The summed E-state index contributed by atoms with van der Waals surface area (Å²) in [6, 6.07) is 0. The van der Waals surface area contributed by atoms with Crippen molar-refractivity contribution < 1.29 is 4.74 Å². The number of hydrogen-bond donors (Lipinski definition) is 2. The van der Waals surface area contributed by atoms with Crippen LogP contribution in [0.5, 0.6) is 0 Å². The molecule has 1 unspecified atom stereocenters. The van der Waals surface area contributed by atoms with Crippen LogP contribution in [0.3, 0.4) is 0 Å². The standard InChI is InChI=1S/C17H33N7OS/c1-14(26-4)12-19-17(20-13-16-22-21-15(2)23(16)3)18-6-5-7-24-8-10-25-11-9-24/h14H,5-13H2,1-4H3,(H2,18,19,20). The van der Waals surface area contributed by atoms with Gasteiger partial charge in [-0.2, -0.15) is 11.8 Å². The molecule has 0 amide bonds. The summed E-state index contributed by atoms with van der Waals surface area (Å²) in [4.78, 5) is 7.14. The molecule has 0 bridgehead atoms. The Labute approximate surface area is 161 Å². The largest absolute Gasteiger partial charge is 0.379 e. The number of morpholine rings is 1. The highest BCUT2D eigenvalue weighted by molar-refractivity contribution is 7.99. The zero-order valence-corrected chi connectivity index (χ0v) is 17.3. The summed E-state index contributed by atoms with van der Waals surface area (Å²) in [7, 11) is 1.97. The highest BCUT2D eigenvalue weighted by atomic mass is 32.2. The zero-order valence-electron chi connectivity index (χ0n) is 16.5. The number of nitrogens with one attached hydrogen (secondary N) is 2. The maximum atomic E-state index is 5.39. The normalized spacial score (nSPS) is 17.3. The van der Waals surface area contributed by atoms with E-state index in [9.17, 15) is 0 Å². The predicted molar refractivity (Wildman–Crippen MR) is 108 cm³/mol. The first kappa shape index (κ1) is 21.0. The fraction of sp³-hybridized carbons (Fsp3) is 0.824. The van der Waals surface area contributed by atoms with Crippen molar-refractivity contribution in [2.75, 3.05) is 52.2 Å². The number of hydrogen-bond acceptors (Lipinski definition) is 6. The van der Waals surface area contributed by atoms with Crippen LogP contribution in [0, 0.1) is 6.92 Å². The van der Waals surface area contributed by atoms with E-state index in [-0.39, 0.29) is 0 Å². The Kier molecular flexibility index (Phi) is 9.21. The number of nitrogens with zero attached hydrogens (tertiary/aromatic N) is 5. The molecule has 1 aromatic heterocycles. The Hall–Kier alpha value is -1.32. The Morgan fingerprint density at radius 1 is 1.31 bits per heavy atom. The van der Waals surface area contributed by atoms with E-state index < -0.39 is 0 Å². The van der Waals surface area contributed by atoms with E-state index in [2.05, 4.69) is 43.9 Å². The smallest absolute Gasteiger partial charge is 0.191 e. The minimum absolute atomic E-state index is 0.518. The molecule has 0 aliphatic carbocycles. The summed E-state index contributed by atoms with van der Waals surface area (Å²) < 4.78 is 7.37. The average molecular weight is 384 g/mol. The summed E-state index contributed by atoms with van der Waals surface area (Å²) >= 11 is 1.84. The number of rotatable bonds is 9. The highest BCUT2D eigenvalue weighted by Crippen LogP contribution is 2.03. The number of thioether (sulfide) groups is 1. The van der Waals surface area contributed by atoms with Gasteiger partial charge in [0, 0.05) is 38.5 Å². The van der Waals surface area contributed by atoms with Gasteiger partial charge in [-0.3, -0.25) is 4.90 Å². The Morgan fingerprint density at radius 2 is 2.08 bits per heavy atom. The lowest BCUT2D eigenvalue weighted by Crippen LogP contribution is -2.42. The Bertz CT molecular complexity index is 557. The lowest BCUT2D eigenvalue weighted by Gasteiger charge is -2.26. The molecule has 8 nitrogen and oxygen atoms in total. The van der Waals surface area contributed by atoms with Crippen molar-refractivity contribution in [3.8, 4) is 0 Å². The van der Waals surface area contributed by atoms with Gasteiger partial charge in [0.1, 0.15) is 12.4 Å². The van der Waals surface area contributed by atoms with Gasteiger partial charge in [-0.15, -0.1) is 10.2 Å². The molecule has 1 atom stereocenters. The zero-order chi connectivity index (χ0) is 18.8. The van der Waals surface area contributed by atoms with Crippen LogP contribution in [-0.4, -0.2) is 83.1 Å². The molecule has 0 saturated carbocycles. The molecule has 0 spiro atoms. The van der Waals surface area contributed by atoms with Gasteiger partial charge in [0.2, 0.25) is 0 Å². The van der Waals surface area contributed by atoms with Gasteiger partial charge in [-0.1, -0.05) is 6.92 Å². The van der Waals surface area contributed by atoms with E-state index in [1.807, 2.05) is 30.3 Å². The van der Waals surface area contributed by atoms with Gasteiger partial charge in [-0.05, 0) is 26.1 Å². The molecule has 1 saturated heterocycles. The van der Waals surface area contributed by atoms with Gasteiger partial charge < -0.3 is 19.9 Å². The molecule has 26 heavy (non-hydrogen) atoms. The minimum Gasteiger partial charge on any atom is -0.379 e. The molecular weight excluding hydrogens is 350 g/mol. The van der Waals surface area contributed by atoms with Crippen LogP contribution in [0.4, 0.5) is 0 Å². The first-order chi connectivity index (χ1) is 12.6. The van der Waals surface area contributed by atoms with Crippen molar-refractivity contribution in [3.63, 3.8) is 0 Å². The Morgan fingerprint density at radius 3 is 2.73 bits per heavy atom. The molecule has 148 valence electrons. The molecule has 2 rings (SSSR count). The van der Waals surface area contributed by atoms with Crippen LogP contribution in [0.25, 0.3) is 0 Å². The van der Waals surface area contributed by atoms with Crippen molar-refractivity contribution in [1.29, 1.82) is 0 Å². The molecule has 2 heterocycles. The van der Waals surface area contributed by atoms with Gasteiger partial charge in [0.05, 0.1) is 13.2 Å². The number of aromatic nitrogens is 3. The summed E-state index contributed by atoms with van der Waals surface area (Å²) in [6.07, 6.45) is 3.21. The van der Waals surface area contributed by atoms with E-state index in [0.717, 1.165) is 70.0 Å². The van der Waals surface area contributed by atoms with Crippen LogP contribution in [0.1, 0.15) is 25.0 Å². The summed E-state index contributed by atoms with van der Waals surface area (Å²) in [5, 5.41) is 15.7. The van der Waals surface area contributed by atoms with Crippen molar-refractivity contribution in [3.05, 3.63) is 11.6 Å². The summed E-state index contributed by atoms with van der Waals surface area (Å²) in [5.74, 6) is 2.61. The summed E-state index contributed by atoms with van der Waals surface area (Å²) in [5.41, 5.74) is 0. The number of aryl methyl sites for hydroxylation is 1. The molecule has 0 radical (unpaired) electrons. The van der Waals surface area contributed by atoms with E-state index in [0.29, 0.717) is 11.8 Å². The molecule has 1 aromatic rings. The van der Waals surface area contributed by atoms with Crippen LogP contribution in [0.2, 0.25) is 0 Å². The van der Waals surface area contributed by atoms with Gasteiger partial charge in [0.25, 0.3) is 0 Å². The average Bonchev–Trinajstić information content (AvgIpc) is 2.99.